The first kappa shape index (κ1) is 15.0. The van der Waals surface area contributed by atoms with Crippen LogP contribution in [-0.4, -0.2) is 10.8 Å². The molecule has 2 aromatic rings. The van der Waals surface area contributed by atoms with Crippen LogP contribution >= 0.6 is 11.6 Å². The quantitative estimate of drug-likeness (QED) is 0.670. The van der Waals surface area contributed by atoms with Gasteiger partial charge in [-0.2, -0.15) is 0 Å². The molecule has 0 heterocycles. The van der Waals surface area contributed by atoms with Crippen LogP contribution in [0.3, 0.4) is 0 Å². The molecule has 3 N–H and O–H groups in total. The second-order valence-corrected chi connectivity index (χ2v) is 4.73. The van der Waals surface area contributed by atoms with Gasteiger partial charge in [0.1, 0.15) is 11.7 Å². The van der Waals surface area contributed by atoms with E-state index in [1.165, 1.54) is 18.2 Å². The molecule has 0 bridgehead atoms. The first-order valence-corrected chi connectivity index (χ1v) is 6.42. The van der Waals surface area contributed by atoms with Crippen molar-refractivity contribution in [3.8, 4) is 0 Å². The molecular formula is C14H12ClN3O3. The van der Waals surface area contributed by atoms with Gasteiger partial charge in [0.05, 0.1) is 4.92 Å². The molecule has 0 unspecified atom stereocenters. The van der Waals surface area contributed by atoms with Gasteiger partial charge >= 0.3 is 0 Å². The summed E-state index contributed by atoms with van der Waals surface area (Å²) in [6, 6.07) is 11.8. The first-order chi connectivity index (χ1) is 9.99. The smallest absolute Gasteiger partial charge is 0.294 e. The predicted octanol–water partition coefficient (Wildman–Crippen LogP) is 2.89. The molecule has 0 aliphatic heterocycles. The third-order valence-corrected chi connectivity index (χ3v) is 3.09. The number of nitro groups is 1. The highest BCUT2D eigenvalue weighted by atomic mass is 35.5. The number of nitrogens with zero attached hydrogens (tertiary/aromatic N) is 1. The Balaban J connectivity index is 2.22. The van der Waals surface area contributed by atoms with Gasteiger partial charge in [-0.25, -0.2) is 0 Å². The van der Waals surface area contributed by atoms with E-state index in [0.29, 0.717) is 5.56 Å². The van der Waals surface area contributed by atoms with Gasteiger partial charge in [-0.3, -0.25) is 14.9 Å². The van der Waals surface area contributed by atoms with E-state index >= 15 is 0 Å². The highest BCUT2D eigenvalue weighted by Crippen LogP contribution is 2.28. The van der Waals surface area contributed by atoms with Crippen LogP contribution in [0.5, 0.6) is 0 Å². The molecule has 1 amide bonds. The zero-order chi connectivity index (χ0) is 15.4. The minimum absolute atomic E-state index is 0.0563. The average Bonchev–Trinajstić information content (AvgIpc) is 2.49. The zero-order valence-corrected chi connectivity index (χ0v) is 11.6. The number of nitrogens with one attached hydrogen (secondary N) is 1. The average molecular weight is 306 g/mol. The molecule has 0 spiro atoms. The van der Waals surface area contributed by atoms with Crippen molar-refractivity contribution in [1.29, 1.82) is 0 Å². The number of carbonyl (C=O) groups is 1. The van der Waals surface area contributed by atoms with Crippen LogP contribution in [0.1, 0.15) is 11.6 Å². The fourth-order valence-corrected chi connectivity index (χ4v) is 1.95. The number of nitro benzene ring substituents is 1. The molecule has 0 saturated carbocycles. The lowest BCUT2D eigenvalue weighted by molar-refractivity contribution is -0.383. The predicted molar refractivity (Wildman–Crippen MR) is 80.1 cm³/mol. The molecule has 1 atom stereocenters. The van der Waals surface area contributed by atoms with Crippen LogP contribution in [0.2, 0.25) is 5.02 Å². The summed E-state index contributed by atoms with van der Waals surface area (Å²) in [5.41, 5.74) is 6.23. The van der Waals surface area contributed by atoms with Crippen molar-refractivity contribution in [3.05, 3.63) is 69.2 Å². The second-order valence-electron chi connectivity index (χ2n) is 4.30. The molecule has 0 fully saturated rings. The van der Waals surface area contributed by atoms with Crippen molar-refractivity contribution in [2.45, 2.75) is 6.04 Å². The van der Waals surface area contributed by atoms with Crippen molar-refractivity contribution < 1.29 is 9.72 Å². The van der Waals surface area contributed by atoms with E-state index in [-0.39, 0.29) is 16.4 Å². The van der Waals surface area contributed by atoms with E-state index in [2.05, 4.69) is 5.32 Å². The Morgan fingerprint density at radius 2 is 1.90 bits per heavy atom. The molecule has 0 aliphatic rings. The van der Waals surface area contributed by atoms with Crippen LogP contribution < -0.4 is 11.1 Å². The highest BCUT2D eigenvalue weighted by molar-refractivity contribution is 6.31. The largest absolute Gasteiger partial charge is 0.319 e. The number of rotatable bonds is 4. The van der Waals surface area contributed by atoms with Crippen molar-refractivity contribution in [2.24, 2.45) is 5.73 Å². The number of amides is 1. The molecule has 108 valence electrons. The van der Waals surface area contributed by atoms with Gasteiger partial charge in [-0.1, -0.05) is 41.9 Å². The molecule has 2 rings (SSSR count). The van der Waals surface area contributed by atoms with Crippen molar-refractivity contribution >= 4 is 28.9 Å². The number of halogens is 1. The van der Waals surface area contributed by atoms with E-state index in [4.69, 9.17) is 17.3 Å². The third kappa shape index (κ3) is 3.56. The first-order valence-electron chi connectivity index (χ1n) is 6.04. The normalized spacial score (nSPS) is 11.7. The maximum atomic E-state index is 12.1. The molecule has 2 aromatic carbocycles. The van der Waals surface area contributed by atoms with E-state index in [0.717, 1.165) is 0 Å². The van der Waals surface area contributed by atoms with Crippen molar-refractivity contribution in [3.63, 3.8) is 0 Å². The second kappa shape index (κ2) is 6.34. The lowest BCUT2D eigenvalue weighted by Crippen LogP contribution is -2.27. The van der Waals surface area contributed by atoms with Gasteiger partial charge in [0.15, 0.2) is 0 Å². The summed E-state index contributed by atoms with van der Waals surface area (Å²) >= 11 is 5.71. The maximum Gasteiger partial charge on any atom is 0.294 e. The molecule has 0 radical (unpaired) electrons. The van der Waals surface area contributed by atoms with Crippen molar-refractivity contribution in [1.82, 2.24) is 0 Å². The minimum atomic E-state index is -0.915. The number of hydrogen-bond acceptors (Lipinski definition) is 4. The van der Waals surface area contributed by atoms with Crippen LogP contribution in [0.4, 0.5) is 11.4 Å². The van der Waals surface area contributed by atoms with E-state index in [1.54, 1.807) is 30.3 Å². The molecule has 21 heavy (non-hydrogen) atoms. The molecular weight excluding hydrogens is 294 g/mol. The Morgan fingerprint density at radius 3 is 2.52 bits per heavy atom. The van der Waals surface area contributed by atoms with E-state index in [9.17, 15) is 14.9 Å². The van der Waals surface area contributed by atoms with Gasteiger partial charge in [0.25, 0.3) is 5.69 Å². The van der Waals surface area contributed by atoms with Crippen LogP contribution in [0.25, 0.3) is 0 Å². The fraction of sp³-hybridized carbons (Fsp3) is 0.0714. The van der Waals surface area contributed by atoms with Gasteiger partial charge in [-0.05, 0) is 17.7 Å². The lowest BCUT2D eigenvalue weighted by Gasteiger charge is -2.12. The fourth-order valence-electron chi connectivity index (χ4n) is 1.78. The Hall–Kier alpha value is -2.44. The van der Waals surface area contributed by atoms with Crippen molar-refractivity contribution in [2.75, 3.05) is 5.32 Å². The molecule has 0 aromatic heterocycles. The SMILES string of the molecule is N[C@H](C(=O)Nc1ccc(Cl)cc1[N+](=O)[O-])c1ccccc1. The number of anilines is 1. The summed E-state index contributed by atoms with van der Waals surface area (Å²) in [5.74, 6) is -0.536. The number of hydrogen-bond donors (Lipinski definition) is 2. The standard InChI is InChI=1S/C14H12ClN3O3/c15-10-6-7-11(12(8-10)18(20)21)17-14(19)13(16)9-4-2-1-3-5-9/h1-8,13H,16H2,(H,17,19)/t13-/m0/s1. The summed E-state index contributed by atoms with van der Waals surface area (Å²) < 4.78 is 0. The summed E-state index contributed by atoms with van der Waals surface area (Å²) in [7, 11) is 0. The molecule has 6 nitrogen and oxygen atoms in total. The molecule has 7 heteroatoms. The summed E-state index contributed by atoms with van der Waals surface area (Å²) in [6.45, 7) is 0. The zero-order valence-electron chi connectivity index (χ0n) is 10.8. The highest BCUT2D eigenvalue weighted by Gasteiger charge is 2.20. The third-order valence-electron chi connectivity index (χ3n) is 2.86. The van der Waals surface area contributed by atoms with Crippen LogP contribution in [-0.2, 0) is 4.79 Å². The number of nitrogens with two attached hydrogens (primary N) is 1. The van der Waals surface area contributed by atoms with Crippen LogP contribution in [0.15, 0.2) is 48.5 Å². The lowest BCUT2D eigenvalue weighted by atomic mass is 10.1. The number of benzene rings is 2. The van der Waals surface area contributed by atoms with Gasteiger partial charge in [0, 0.05) is 11.1 Å². The van der Waals surface area contributed by atoms with Gasteiger partial charge in [0.2, 0.25) is 5.91 Å². The summed E-state index contributed by atoms with van der Waals surface area (Å²) in [6.07, 6.45) is 0. The Kier molecular flexibility index (Phi) is 4.52. The summed E-state index contributed by atoms with van der Waals surface area (Å²) in [4.78, 5) is 22.4. The monoisotopic (exact) mass is 305 g/mol. The Morgan fingerprint density at radius 1 is 1.24 bits per heavy atom. The summed E-state index contributed by atoms with van der Waals surface area (Å²) in [5, 5.41) is 13.6. The van der Waals surface area contributed by atoms with Crippen LogP contribution in [0, 0.1) is 10.1 Å². The Bertz CT molecular complexity index is 676. The van der Waals surface area contributed by atoms with E-state index < -0.39 is 16.9 Å². The van der Waals surface area contributed by atoms with Gasteiger partial charge < -0.3 is 11.1 Å². The van der Waals surface area contributed by atoms with E-state index in [1.807, 2.05) is 0 Å². The minimum Gasteiger partial charge on any atom is -0.319 e. The molecule has 0 saturated heterocycles. The number of carbonyl (C=O) groups excluding carboxylic acids is 1. The topological polar surface area (TPSA) is 98.3 Å². The molecule has 0 aliphatic carbocycles. The maximum absolute atomic E-state index is 12.1. The Labute approximate surface area is 125 Å². The van der Waals surface area contributed by atoms with Gasteiger partial charge in [-0.15, -0.1) is 0 Å².